The van der Waals surface area contributed by atoms with Crippen molar-refractivity contribution in [2.75, 3.05) is 19.6 Å². The fourth-order valence-corrected chi connectivity index (χ4v) is 3.83. The second-order valence-electron chi connectivity index (χ2n) is 7.36. The number of hydrogen-bond donors (Lipinski definition) is 1. The van der Waals surface area contributed by atoms with E-state index in [0.29, 0.717) is 5.92 Å². The lowest BCUT2D eigenvalue weighted by molar-refractivity contribution is -0.132. The van der Waals surface area contributed by atoms with Gasteiger partial charge in [-0.3, -0.25) is 9.69 Å². The van der Waals surface area contributed by atoms with Crippen LogP contribution in [0.5, 0.6) is 0 Å². The average Bonchev–Trinajstić information content (AvgIpc) is 3.31. The predicted molar refractivity (Wildman–Crippen MR) is 88.8 cm³/mol. The molecule has 0 aromatic heterocycles. The lowest BCUT2D eigenvalue weighted by Gasteiger charge is -2.34. The summed E-state index contributed by atoms with van der Waals surface area (Å²) in [5.41, 5.74) is 1.35. The lowest BCUT2D eigenvalue weighted by Crippen LogP contribution is -2.42. The van der Waals surface area contributed by atoms with Gasteiger partial charge in [0.25, 0.3) is 0 Å². The fourth-order valence-electron chi connectivity index (χ4n) is 3.83. The maximum absolute atomic E-state index is 12.2. The van der Waals surface area contributed by atoms with Crippen molar-refractivity contribution in [1.82, 2.24) is 10.2 Å². The summed E-state index contributed by atoms with van der Waals surface area (Å²) in [4.78, 5) is 14.7. The normalized spacial score (nSPS) is 30.9. The highest BCUT2D eigenvalue weighted by atomic mass is 16.5. The van der Waals surface area contributed by atoms with Crippen LogP contribution in [-0.4, -0.2) is 42.6 Å². The number of amides is 1. The SMILES string of the molecule is O=C(NCC1CC1)[C@@H]1C[C@@H]2CCN(Cc3ccccc3)C[C@H]2O1. The van der Waals surface area contributed by atoms with Crippen LogP contribution in [0.15, 0.2) is 30.3 Å². The van der Waals surface area contributed by atoms with Gasteiger partial charge in [0.15, 0.2) is 0 Å². The number of ether oxygens (including phenoxy) is 1. The molecule has 1 N–H and O–H groups in total. The monoisotopic (exact) mass is 314 g/mol. The molecule has 0 unspecified atom stereocenters. The molecular formula is C19H26N2O2. The zero-order valence-corrected chi connectivity index (χ0v) is 13.6. The molecule has 1 aliphatic carbocycles. The molecule has 23 heavy (non-hydrogen) atoms. The molecule has 0 spiro atoms. The van der Waals surface area contributed by atoms with Crippen molar-refractivity contribution in [3.05, 3.63) is 35.9 Å². The van der Waals surface area contributed by atoms with Crippen LogP contribution < -0.4 is 5.32 Å². The zero-order chi connectivity index (χ0) is 15.6. The van der Waals surface area contributed by atoms with Gasteiger partial charge in [-0.1, -0.05) is 30.3 Å². The summed E-state index contributed by atoms with van der Waals surface area (Å²) in [6.07, 6.45) is 4.59. The van der Waals surface area contributed by atoms with Crippen LogP contribution in [0.2, 0.25) is 0 Å². The van der Waals surface area contributed by atoms with Gasteiger partial charge < -0.3 is 10.1 Å². The van der Waals surface area contributed by atoms with Crippen LogP contribution >= 0.6 is 0 Å². The minimum atomic E-state index is -0.222. The number of rotatable bonds is 5. The van der Waals surface area contributed by atoms with Crippen molar-refractivity contribution in [3.63, 3.8) is 0 Å². The van der Waals surface area contributed by atoms with E-state index in [-0.39, 0.29) is 18.1 Å². The molecule has 2 aliphatic heterocycles. The molecule has 3 aliphatic rings. The molecule has 4 rings (SSSR count). The van der Waals surface area contributed by atoms with Crippen molar-refractivity contribution in [1.29, 1.82) is 0 Å². The minimum absolute atomic E-state index is 0.112. The summed E-state index contributed by atoms with van der Waals surface area (Å²) in [5.74, 6) is 1.39. The molecule has 4 heteroatoms. The van der Waals surface area contributed by atoms with E-state index in [4.69, 9.17) is 4.74 Å². The van der Waals surface area contributed by atoms with Gasteiger partial charge in [-0.15, -0.1) is 0 Å². The van der Waals surface area contributed by atoms with Crippen molar-refractivity contribution in [2.45, 2.75) is 44.4 Å². The van der Waals surface area contributed by atoms with Crippen LogP contribution in [0.3, 0.4) is 0 Å². The summed E-state index contributed by atoms with van der Waals surface area (Å²) in [6, 6.07) is 10.6. The number of piperidine rings is 1. The van der Waals surface area contributed by atoms with Gasteiger partial charge in [-0.05, 0) is 49.6 Å². The Bertz CT molecular complexity index is 544. The average molecular weight is 314 g/mol. The highest BCUT2D eigenvalue weighted by molar-refractivity contribution is 5.81. The van der Waals surface area contributed by atoms with Crippen molar-refractivity contribution >= 4 is 5.91 Å². The van der Waals surface area contributed by atoms with E-state index < -0.39 is 0 Å². The molecule has 124 valence electrons. The first-order valence-corrected chi connectivity index (χ1v) is 8.97. The number of fused-ring (bicyclic) bond motifs is 1. The number of benzene rings is 1. The molecule has 0 bridgehead atoms. The molecular weight excluding hydrogens is 288 g/mol. The Morgan fingerprint density at radius 3 is 2.83 bits per heavy atom. The first kappa shape index (κ1) is 15.2. The summed E-state index contributed by atoms with van der Waals surface area (Å²) in [5, 5.41) is 3.07. The third-order valence-electron chi connectivity index (χ3n) is 5.44. The Morgan fingerprint density at radius 2 is 2.04 bits per heavy atom. The summed E-state index contributed by atoms with van der Waals surface area (Å²) < 4.78 is 6.09. The summed E-state index contributed by atoms with van der Waals surface area (Å²) in [6.45, 7) is 3.88. The quantitative estimate of drug-likeness (QED) is 0.906. The van der Waals surface area contributed by atoms with E-state index in [0.717, 1.165) is 44.9 Å². The van der Waals surface area contributed by atoms with Crippen LogP contribution in [0.4, 0.5) is 0 Å². The molecule has 1 aromatic rings. The number of nitrogens with zero attached hydrogens (tertiary/aromatic N) is 1. The predicted octanol–water partition coefficient (Wildman–Crippen LogP) is 2.19. The van der Waals surface area contributed by atoms with E-state index in [1.165, 1.54) is 18.4 Å². The Labute approximate surface area is 138 Å². The van der Waals surface area contributed by atoms with Crippen LogP contribution in [0.1, 0.15) is 31.2 Å². The van der Waals surface area contributed by atoms with Gasteiger partial charge in [0.05, 0.1) is 6.10 Å². The standard InChI is InChI=1S/C19H26N2O2/c22-19(20-11-14-6-7-14)17-10-16-8-9-21(13-18(16)23-17)12-15-4-2-1-3-5-15/h1-5,14,16-18H,6-13H2,(H,20,22)/t16-,17-,18+/m0/s1. The largest absolute Gasteiger partial charge is 0.364 e. The van der Waals surface area contributed by atoms with Gasteiger partial charge >= 0.3 is 0 Å². The Morgan fingerprint density at radius 1 is 1.22 bits per heavy atom. The Balaban J connectivity index is 1.28. The number of hydrogen-bond acceptors (Lipinski definition) is 3. The highest BCUT2D eigenvalue weighted by Gasteiger charge is 2.41. The second kappa shape index (κ2) is 6.62. The molecule has 2 saturated heterocycles. The maximum atomic E-state index is 12.2. The van der Waals surface area contributed by atoms with E-state index in [1.807, 2.05) is 0 Å². The molecule has 4 nitrogen and oxygen atoms in total. The van der Waals surface area contributed by atoms with Crippen molar-refractivity contribution in [2.24, 2.45) is 11.8 Å². The van der Waals surface area contributed by atoms with E-state index in [1.54, 1.807) is 0 Å². The number of nitrogens with one attached hydrogen (secondary N) is 1. The fraction of sp³-hybridized carbons (Fsp3) is 0.632. The lowest BCUT2D eigenvalue weighted by atomic mass is 9.91. The van der Waals surface area contributed by atoms with Gasteiger partial charge in [0, 0.05) is 19.6 Å². The minimum Gasteiger partial charge on any atom is -0.364 e. The van der Waals surface area contributed by atoms with Crippen LogP contribution in [-0.2, 0) is 16.1 Å². The number of likely N-dealkylation sites (tertiary alicyclic amines) is 1. The number of carbonyl (C=O) groups is 1. The second-order valence-corrected chi connectivity index (χ2v) is 7.36. The maximum Gasteiger partial charge on any atom is 0.249 e. The smallest absolute Gasteiger partial charge is 0.249 e. The highest BCUT2D eigenvalue weighted by Crippen LogP contribution is 2.34. The van der Waals surface area contributed by atoms with Crippen LogP contribution in [0, 0.1) is 11.8 Å². The molecule has 3 atom stereocenters. The molecule has 2 heterocycles. The molecule has 3 fully saturated rings. The number of carbonyl (C=O) groups excluding carboxylic acids is 1. The van der Waals surface area contributed by atoms with E-state index >= 15 is 0 Å². The van der Waals surface area contributed by atoms with Gasteiger partial charge in [-0.2, -0.15) is 0 Å². The van der Waals surface area contributed by atoms with Crippen molar-refractivity contribution < 1.29 is 9.53 Å². The first-order valence-electron chi connectivity index (χ1n) is 8.97. The summed E-state index contributed by atoms with van der Waals surface area (Å²) >= 11 is 0. The zero-order valence-electron chi connectivity index (χ0n) is 13.6. The topological polar surface area (TPSA) is 41.6 Å². The van der Waals surface area contributed by atoms with Gasteiger partial charge in [-0.25, -0.2) is 0 Å². The molecule has 0 radical (unpaired) electrons. The third-order valence-corrected chi connectivity index (χ3v) is 5.44. The first-order chi connectivity index (χ1) is 11.3. The third kappa shape index (κ3) is 3.75. The van der Waals surface area contributed by atoms with Crippen molar-refractivity contribution in [3.8, 4) is 0 Å². The van der Waals surface area contributed by atoms with E-state index in [2.05, 4.69) is 40.5 Å². The Kier molecular flexibility index (Phi) is 4.36. The van der Waals surface area contributed by atoms with Gasteiger partial charge in [0.1, 0.15) is 6.10 Å². The molecule has 1 amide bonds. The molecule has 1 aromatic carbocycles. The van der Waals surface area contributed by atoms with Crippen LogP contribution in [0.25, 0.3) is 0 Å². The summed E-state index contributed by atoms with van der Waals surface area (Å²) in [7, 11) is 0. The Hall–Kier alpha value is -1.39. The van der Waals surface area contributed by atoms with E-state index in [9.17, 15) is 4.79 Å². The van der Waals surface area contributed by atoms with Gasteiger partial charge in [0.2, 0.25) is 5.91 Å². The molecule has 1 saturated carbocycles.